The van der Waals surface area contributed by atoms with Gasteiger partial charge in [-0.25, -0.2) is 0 Å². The Morgan fingerprint density at radius 1 is 1.67 bits per heavy atom. The van der Waals surface area contributed by atoms with Crippen molar-refractivity contribution in [1.82, 2.24) is 0 Å². The molecule has 0 bridgehead atoms. The fourth-order valence-corrected chi connectivity index (χ4v) is 0.511. The fraction of sp³-hybridized carbons (Fsp3) is 0.333. The second kappa shape index (κ2) is 3.14. The van der Waals surface area contributed by atoms with Crippen LogP contribution in [0, 0.1) is 0 Å². The van der Waals surface area contributed by atoms with E-state index in [1.54, 1.807) is 12.3 Å². The van der Waals surface area contributed by atoms with Gasteiger partial charge in [0.2, 0.25) is 0 Å². The van der Waals surface area contributed by atoms with Crippen LogP contribution in [0.4, 0.5) is 0 Å². The smallest absolute Gasteiger partial charge is 0.157 e. The van der Waals surface area contributed by atoms with Crippen molar-refractivity contribution in [2.45, 2.75) is 0 Å². The van der Waals surface area contributed by atoms with Crippen LogP contribution < -0.4 is 10.5 Å². The lowest BCUT2D eigenvalue weighted by molar-refractivity contribution is 0.324. The van der Waals surface area contributed by atoms with E-state index in [1.165, 1.54) is 6.26 Å². The van der Waals surface area contributed by atoms with E-state index in [2.05, 4.69) is 0 Å². The molecule has 0 atom stereocenters. The van der Waals surface area contributed by atoms with Gasteiger partial charge in [-0.1, -0.05) is 0 Å². The molecule has 0 saturated heterocycles. The van der Waals surface area contributed by atoms with E-state index in [1.807, 2.05) is 0 Å². The SMILES string of the molecule is NCCOc1ccoc1. The highest BCUT2D eigenvalue weighted by Gasteiger charge is 1.90. The van der Waals surface area contributed by atoms with Gasteiger partial charge in [0, 0.05) is 12.6 Å². The van der Waals surface area contributed by atoms with E-state index in [-0.39, 0.29) is 0 Å². The number of furan rings is 1. The minimum absolute atomic E-state index is 0.533. The highest BCUT2D eigenvalue weighted by atomic mass is 16.5. The van der Waals surface area contributed by atoms with Crippen molar-refractivity contribution in [3.63, 3.8) is 0 Å². The van der Waals surface area contributed by atoms with Crippen molar-refractivity contribution in [2.24, 2.45) is 5.73 Å². The van der Waals surface area contributed by atoms with Crippen molar-refractivity contribution >= 4 is 0 Å². The standard InChI is InChI=1S/C6H9NO2/c7-2-4-9-6-1-3-8-5-6/h1,3,5H,2,4,7H2. The third-order valence-corrected chi connectivity index (χ3v) is 0.882. The molecule has 1 aromatic rings. The van der Waals surface area contributed by atoms with Gasteiger partial charge in [-0.05, 0) is 0 Å². The Bertz CT molecular complexity index is 148. The summed E-state index contributed by atoms with van der Waals surface area (Å²) in [6.07, 6.45) is 3.10. The number of hydrogen-bond donors (Lipinski definition) is 1. The van der Waals surface area contributed by atoms with Gasteiger partial charge in [-0.15, -0.1) is 0 Å². The molecule has 0 amide bonds. The van der Waals surface area contributed by atoms with Crippen LogP contribution in [0.1, 0.15) is 0 Å². The zero-order valence-electron chi connectivity index (χ0n) is 5.04. The first-order valence-corrected chi connectivity index (χ1v) is 2.78. The fourth-order valence-electron chi connectivity index (χ4n) is 0.511. The van der Waals surface area contributed by atoms with E-state index >= 15 is 0 Å². The van der Waals surface area contributed by atoms with Gasteiger partial charge in [0.25, 0.3) is 0 Å². The van der Waals surface area contributed by atoms with E-state index < -0.39 is 0 Å². The molecule has 3 heteroatoms. The molecule has 9 heavy (non-hydrogen) atoms. The van der Waals surface area contributed by atoms with Gasteiger partial charge >= 0.3 is 0 Å². The Morgan fingerprint density at radius 2 is 2.56 bits per heavy atom. The lowest BCUT2D eigenvalue weighted by Gasteiger charge is -1.96. The molecule has 0 unspecified atom stereocenters. The highest BCUT2D eigenvalue weighted by molar-refractivity contribution is 5.12. The Balaban J connectivity index is 2.30. The zero-order valence-corrected chi connectivity index (χ0v) is 5.04. The molecule has 2 N–H and O–H groups in total. The van der Waals surface area contributed by atoms with Gasteiger partial charge in [0.1, 0.15) is 12.9 Å². The largest absolute Gasteiger partial charge is 0.489 e. The zero-order chi connectivity index (χ0) is 6.53. The lowest BCUT2D eigenvalue weighted by Crippen LogP contribution is -2.09. The molecule has 0 aromatic carbocycles. The first kappa shape index (κ1) is 6.16. The maximum atomic E-state index is 5.19. The summed E-state index contributed by atoms with van der Waals surface area (Å²) in [5.74, 6) is 0.737. The third kappa shape index (κ3) is 1.77. The summed E-state index contributed by atoms with van der Waals surface area (Å²) < 4.78 is 9.82. The van der Waals surface area contributed by atoms with Gasteiger partial charge in [-0.3, -0.25) is 0 Å². The van der Waals surface area contributed by atoms with E-state index in [0.717, 1.165) is 5.75 Å². The predicted octanol–water partition coefficient (Wildman–Crippen LogP) is 0.617. The number of ether oxygens (including phenoxy) is 1. The van der Waals surface area contributed by atoms with E-state index in [9.17, 15) is 0 Å². The highest BCUT2D eigenvalue weighted by Crippen LogP contribution is 2.08. The summed E-state index contributed by atoms with van der Waals surface area (Å²) in [5, 5.41) is 0. The molecule has 0 aliphatic carbocycles. The molecular formula is C6H9NO2. The van der Waals surface area contributed by atoms with Gasteiger partial charge in [0.05, 0.1) is 6.26 Å². The second-order valence-electron chi connectivity index (χ2n) is 1.60. The quantitative estimate of drug-likeness (QED) is 0.647. The molecule has 1 heterocycles. The van der Waals surface area contributed by atoms with Crippen LogP contribution in [0.3, 0.4) is 0 Å². The summed E-state index contributed by atoms with van der Waals surface area (Å²) in [6.45, 7) is 1.07. The molecule has 0 fully saturated rings. The molecule has 0 radical (unpaired) electrons. The first-order chi connectivity index (χ1) is 4.43. The van der Waals surface area contributed by atoms with Crippen LogP contribution in [0.2, 0.25) is 0 Å². The summed E-state index contributed by atoms with van der Waals surface area (Å²) in [6, 6.07) is 1.75. The molecule has 1 rings (SSSR count). The molecule has 0 saturated carbocycles. The summed E-state index contributed by atoms with van der Waals surface area (Å²) in [4.78, 5) is 0. The number of nitrogens with two attached hydrogens (primary N) is 1. The maximum absolute atomic E-state index is 5.19. The third-order valence-electron chi connectivity index (χ3n) is 0.882. The van der Waals surface area contributed by atoms with Crippen LogP contribution in [0.25, 0.3) is 0 Å². The summed E-state index contributed by atoms with van der Waals surface area (Å²) >= 11 is 0. The molecule has 50 valence electrons. The minimum Gasteiger partial charge on any atom is -0.489 e. The van der Waals surface area contributed by atoms with E-state index in [0.29, 0.717) is 13.2 Å². The molecule has 0 aliphatic rings. The van der Waals surface area contributed by atoms with Crippen LogP contribution in [-0.4, -0.2) is 13.2 Å². The van der Waals surface area contributed by atoms with Crippen molar-refractivity contribution in [3.8, 4) is 5.75 Å². The minimum atomic E-state index is 0.533. The Kier molecular flexibility index (Phi) is 2.15. The van der Waals surface area contributed by atoms with Gasteiger partial charge < -0.3 is 14.9 Å². The Hall–Kier alpha value is -0.960. The second-order valence-corrected chi connectivity index (χ2v) is 1.60. The lowest BCUT2D eigenvalue weighted by atomic mass is 10.6. The average molecular weight is 127 g/mol. The van der Waals surface area contributed by atoms with Crippen LogP contribution in [0.5, 0.6) is 5.75 Å². The molecule has 3 nitrogen and oxygen atoms in total. The number of rotatable bonds is 3. The summed E-state index contributed by atoms with van der Waals surface area (Å²) in [7, 11) is 0. The van der Waals surface area contributed by atoms with Crippen LogP contribution in [0.15, 0.2) is 23.0 Å². The monoisotopic (exact) mass is 127 g/mol. The maximum Gasteiger partial charge on any atom is 0.157 e. The predicted molar refractivity (Wildman–Crippen MR) is 33.3 cm³/mol. The molecule has 0 spiro atoms. The number of hydrogen-bond acceptors (Lipinski definition) is 3. The van der Waals surface area contributed by atoms with Crippen molar-refractivity contribution < 1.29 is 9.15 Å². The van der Waals surface area contributed by atoms with Crippen LogP contribution >= 0.6 is 0 Å². The van der Waals surface area contributed by atoms with Crippen molar-refractivity contribution in [3.05, 3.63) is 18.6 Å². The summed E-state index contributed by atoms with van der Waals surface area (Å²) in [5.41, 5.74) is 5.19. The van der Waals surface area contributed by atoms with Crippen LogP contribution in [-0.2, 0) is 0 Å². The van der Waals surface area contributed by atoms with Crippen molar-refractivity contribution in [1.29, 1.82) is 0 Å². The topological polar surface area (TPSA) is 48.4 Å². The normalized spacial score (nSPS) is 9.44. The Labute approximate surface area is 53.4 Å². The van der Waals surface area contributed by atoms with Gasteiger partial charge in [-0.2, -0.15) is 0 Å². The molecule has 0 aliphatic heterocycles. The molecule has 1 aromatic heterocycles. The average Bonchev–Trinajstić information content (AvgIpc) is 2.34. The van der Waals surface area contributed by atoms with Gasteiger partial charge in [0.15, 0.2) is 5.75 Å². The first-order valence-electron chi connectivity index (χ1n) is 2.78. The Morgan fingerprint density at radius 3 is 3.11 bits per heavy atom. The molecular weight excluding hydrogens is 118 g/mol. The van der Waals surface area contributed by atoms with Crippen molar-refractivity contribution in [2.75, 3.05) is 13.2 Å². The van der Waals surface area contributed by atoms with E-state index in [4.69, 9.17) is 14.9 Å².